The van der Waals surface area contributed by atoms with Gasteiger partial charge in [0.05, 0.1) is 5.56 Å². The van der Waals surface area contributed by atoms with Crippen LogP contribution in [0.15, 0.2) is 64.0 Å². The van der Waals surface area contributed by atoms with Crippen LogP contribution >= 0.6 is 0 Å². The van der Waals surface area contributed by atoms with Crippen molar-refractivity contribution in [3.8, 4) is 22.4 Å². The summed E-state index contributed by atoms with van der Waals surface area (Å²) in [6.07, 6.45) is 1.68. The molecule has 1 atom stereocenters. The van der Waals surface area contributed by atoms with Gasteiger partial charge in [-0.2, -0.15) is 0 Å². The molecule has 1 unspecified atom stereocenters. The Kier molecular flexibility index (Phi) is 7.51. The summed E-state index contributed by atoms with van der Waals surface area (Å²) in [5.41, 5.74) is 3.52. The van der Waals surface area contributed by atoms with E-state index in [1.807, 2.05) is 82.3 Å². The van der Waals surface area contributed by atoms with Crippen LogP contribution in [-0.2, 0) is 20.3 Å². The van der Waals surface area contributed by atoms with Crippen molar-refractivity contribution >= 4 is 16.8 Å². The summed E-state index contributed by atoms with van der Waals surface area (Å²) in [6.45, 7) is 8.84. The van der Waals surface area contributed by atoms with Crippen LogP contribution in [0.25, 0.3) is 22.4 Å². The SMILES string of the molecule is CC(=O)OC(C)(C)C.Cc1onc(-c2ccccc2)c1-c1ccc(S(C)=O)cc1. The summed E-state index contributed by atoms with van der Waals surface area (Å²) in [5.74, 6) is 0.553. The standard InChI is InChI=1S/C17H15NO2S.C6H12O2/c1-12-16(13-8-10-15(11-9-13)21(2)19)17(18-20-12)14-6-4-3-5-7-14;1-5(7)8-6(2,3)4/h3-11H,1-2H3;1-4H3. The van der Waals surface area contributed by atoms with Gasteiger partial charge >= 0.3 is 5.97 Å². The molecule has 0 N–H and O–H groups in total. The van der Waals surface area contributed by atoms with Crippen LogP contribution in [0.3, 0.4) is 0 Å². The highest BCUT2D eigenvalue weighted by Gasteiger charge is 2.16. The van der Waals surface area contributed by atoms with Gasteiger partial charge in [0.1, 0.15) is 17.1 Å². The zero-order chi connectivity index (χ0) is 21.6. The molecule has 0 saturated heterocycles. The highest BCUT2D eigenvalue weighted by molar-refractivity contribution is 7.84. The van der Waals surface area contributed by atoms with Gasteiger partial charge in [0, 0.05) is 34.4 Å². The number of aromatic nitrogens is 1. The number of carbonyl (C=O) groups is 1. The molecule has 6 heteroatoms. The van der Waals surface area contributed by atoms with Gasteiger partial charge in [0.25, 0.3) is 0 Å². The first-order valence-corrected chi connectivity index (χ1v) is 10.8. The molecular weight excluding hydrogens is 386 g/mol. The third kappa shape index (κ3) is 6.68. The first-order chi connectivity index (χ1) is 13.6. The summed E-state index contributed by atoms with van der Waals surface area (Å²) >= 11 is 0. The second kappa shape index (κ2) is 9.65. The van der Waals surface area contributed by atoms with Crippen LogP contribution in [0.2, 0.25) is 0 Å². The topological polar surface area (TPSA) is 69.4 Å². The summed E-state index contributed by atoms with van der Waals surface area (Å²) < 4.78 is 21.6. The second-order valence-corrected chi connectivity index (χ2v) is 8.89. The van der Waals surface area contributed by atoms with Crippen LogP contribution < -0.4 is 0 Å². The Balaban J connectivity index is 0.000000321. The molecule has 5 nitrogen and oxygen atoms in total. The van der Waals surface area contributed by atoms with E-state index in [4.69, 9.17) is 9.26 Å². The Morgan fingerprint density at radius 1 is 1.00 bits per heavy atom. The summed E-state index contributed by atoms with van der Waals surface area (Å²) in [7, 11) is -0.970. The third-order valence-corrected chi connectivity index (χ3v) is 4.77. The van der Waals surface area contributed by atoms with E-state index in [0.717, 1.165) is 33.0 Å². The molecule has 0 radical (unpaired) electrons. The molecule has 1 heterocycles. The molecule has 0 spiro atoms. The predicted octanol–water partition coefficient (Wildman–Crippen LogP) is 5.40. The minimum atomic E-state index is -0.970. The van der Waals surface area contributed by atoms with Crippen molar-refractivity contribution in [2.45, 2.75) is 45.1 Å². The monoisotopic (exact) mass is 413 g/mol. The number of ether oxygens (including phenoxy) is 1. The van der Waals surface area contributed by atoms with Crippen molar-refractivity contribution < 1.29 is 18.3 Å². The number of aryl methyl sites for hydroxylation is 1. The molecule has 0 aliphatic heterocycles. The van der Waals surface area contributed by atoms with Crippen LogP contribution in [0, 0.1) is 6.92 Å². The zero-order valence-corrected chi connectivity index (χ0v) is 18.5. The summed E-state index contributed by atoms with van der Waals surface area (Å²) in [4.78, 5) is 11.1. The Morgan fingerprint density at radius 3 is 2.03 bits per heavy atom. The van der Waals surface area contributed by atoms with Gasteiger partial charge in [-0.05, 0) is 45.4 Å². The van der Waals surface area contributed by atoms with E-state index in [2.05, 4.69) is 5.16 Å². The number of nitrogens with zero attached hydrogens (tertiary/aromatic N) is 1. The number of esters is 1. The average Bonchev–Trinajstić information content (AvgIpc) is 3.02. The molecule has 154 valence electrons. The zero-order valence-electron chi connectivity index (χ0n) is 17.7. The van der Waals surface area contributed by atoms with Crippen molar-refractivity contribution in [1.29, 1.82) is 0 Å². The minimum Gasteiger partial charge on any atom is -0.460 e. The first-order valence-electron chi connectivity index (χ1n) is 9.23. The Labute approximate surface area is 174 Å². The Bertz CT molecular complexity index is 970. The van der Waals surface area contributed by atoms with Crippen molar-refractivity contribution in [3.05, 3.63) is 60.4 Å². The summed E-state index contributed by atoms with van der Waals surface area (Å²) in [6, 6.07) is 17.6. The molecule has 2 aromatic carbocycles. The second-order valence-electron chi connectivity index (χ2n) is 7.51. The normalized spacial score (nSPS) is 11.9. The van der Waals surface area contributed by atoms with E-state index in [1.54, 1.807) is 6.26 Å². The fourth-order valence-corrected chi connectivity index (χ4v) is 3.27. The van der Waals surface area contributed by atoms with E-state index in [1.165, 1.54) is 6.92 Å². The van der Waals surface area contributed by atoms with Gasteiger partial charge < -0.3 is 9.26 Å². The maximum absolute atomic E-state index is 11.5. The van der Waals surface area contributed by atoms with Crippen LogP contribution in [-0.4, -0.2) is 27.2 Å². The van der Waals surface area contributed by atoms with Crippen LogP contribution in [0.5, 0.6) is 0 Å². The molecule has 3 rings (SSSR count). The van der Waals surface area contributed by atoms with Crippen molar-refractivity contribution in [2.24, 2.45) is 0 Å². The highest BCUT2D eigenvalue weighted by Crippen LogP contribution is 2.34. The van der Waals surface area contributed by atoms with E-state index in [-0.39, 0.29) is 11.6 Å². The molecule has 1 aromatic heterocycles. The Hall–Kier alpha value is -2.73. The van der Waals surface area contributed by atoms with E-state index < -0.39 is 10.8 Å². The highest BCUT2D eigenvalue weighted by atomic mass is 32.2. The van der Waals surface area contributed by atoms with Crippen LogP contribution in [0.4, 0.5) is 0 Å². The fraction of sp³-hybridized carbons (Fsp3) is 0.304. The summed E-state index contributed by atoms with van der Waals surface area (Å²) in [5, 5.41) is 4.18. The van der Waals surface area contributed by atoms with Crippen molar-refractivity contribution in [3.63, 3.8) is 0 Å². The van der Waals surface area contributed by atoms with Gasteiger partial charge in [-0.3, -0.25) is 9.00 Å². The lowest BCUT2D eigenvalue weighted by Crippen LogP contribution is -2.21. The maximum atomic E-state index is 11.5. The number of benzene rings is 2. The molecule has 3 aromatic rings. The van der Waals surface area contributed by atoms with Crippen molar-refractivity contribution in [1.82, 2.24) is 5.16 Å². The molecule has 0 amide bonds. The molecule has 29 heavy (non-hydrogen) atoms. The van der Waals surface area contributed by atoms with E-state index >= 15 is 0 Å². The van der Waals surface area contributed by atoms with Gasteiger partial charge in [0.2, 0.25) is 0 Å². The lowest BCUT2D eigenvalue weighted by atomic mass is 10.00. The smallest absolute Gasteiger partial charge is 0.303 e. The molecule has 0 saturated carbocycles. The minimum absolute atomic E-state index is 0.225. The first kappa shape index (κ1) is 22.6. The lowest BCUT2D eigenvalue weighted by Gasteiger charge is -2.17. The fourth-order valence-electron chi connectivity index (χ4n) is 2.75. The van der Waals surface area contributed by atoms with Gasteiger partial charge in [-0.1, -0.05) is 47.6 Å². The quantitative estimate of drug-likeness (QED) is 0.538. The number of rotatable bonds is 3. The Morgan fingerprint density at radius 2 is 1.59 bits per heavy atom. The number of hydrogen-bond donors (Lipinski definition) is 0. The average molecular weight is 414 g/mol. The molecule has 0 fully saturated rings. The molecule has 0 bridgehead atoms. The van der Waals surface area contributed by atoms with Gasteiger partial charge in [-0.25, -0.2) is 0 Å². The van der Waals surface area contributed by atoms with Crippen LogP contribution in [0.1, 0.15) is 33.5 Å². The molecular formula is C23H27NO4S. The molecule has 0 aliphatic carbocycles. The number of carbonyl (C=O) groups excluding carboxylic acids is 1. The lowest BCUT2D eigenvalue weighted by molar-refractivity contribution is -0.151. The van der Waals surface area contributed by atoms with Gasteiger partial charge in [0.15, 0.2) is 0 Å². The largest absolute Gasteiger partial charge is 0.460 e. The van der Waals surface area contributed by atoms with E-state index in [9.17, 15) is 9.00 Å². The predicted molar refractivity (Wildman–Crippen MR) is 116 cm³/mol. The third-order valence-electron chi connectivity index (χ3n) is 3.83. The number of hydrogen-bond acceptors (Lipinski definition) is 5. The van der Waals surface area contributed by atoms with Crippen molar-refractivity contribution in [2.75, 3.05) is 6.26 Å². The van der Waals surface area contributed by atoms with E-state index in [0.29, 0.717) is 0 Å². The van der Waals surface area contributed by atoms with Gasteiger partial charge in [-0.15, -0.1) is 0 Å². The molecule has 0 aliphatic rings. The maximum Gasteiger partial charge on any atom is 0.303 e.